The highest BCUT2D eigenvalue weighted by molar-refractivity contribution is 5.74. The Morgan fingerprint density at radius 2 is 2.00 bits per heavy atom. The third kappa shape index (κ3) is 4.64. The van der Waals surface area contributed by atoms with E-state index in [4.69, 9.17) is 9.84 Å². The molecule has 1 aliphatic carbocycles. The molecule has 2 rings (SSSR count). The largest absolute Gasteiger partial charge is 0.479 e. The third-order valence-corrected chi connectivity index (χ3v) is 3.79. The van der Waals surface area contributed by atoms with Crippen LogP contribution in [-0.2, 0) is 9.53 Å². The van der Waals surface area contributed by atoms with E-state index in [-0.39, 0.29) is 12.1 Å². The van der Waals surface area contributed by atoms with E-state index in [0.29, 0.717) is 32.0 Å². The molecule has 7 nitrogen and oxygen atoms in total. The number of nitrogens with one attached hydrogen (secondary N) is 2. The molecule has 2 amide bonds. The topological polar surface area (TPSA) is 90.9 Å². The molecule has 0 aromatic rings. The number of carboxylic acids is 1. The second kappa shape index (κ2) is 6.90. The molecule has 2 unspecified atom stereocenters. The zero-order valence-corrected chi connectivity index (χ0v) is 11.8. The van der Waals surface area contributed by atoms with E-state index in [9.17, 15) is 9.59 Å². The molecule has 0 radical (unpaired) electrons. The van der Waals surface area contributed by atoms with E-state index in [1.165, 1.54) is 12.8 Å². The van der Waals surface area contributed by atoms with E-state index in [2.05, 4.69) is 22.6 Å². The number of carboxylic acid groups (broad SMARTS) is 1. The lowest BCUT2D eigenvalue weighted by molar-refractivity contribution is -0.149. The molecular weight excluding hydrogens is 262 g/mol. The van der Waals surface area contributed by atoms with E-state index < -0.39 is 12.1 Å². The predicted octanol–water partition coefficient (Wildman–Crippen LogP) is 0.0120. The van der Waals surface area contributed by atoms with E-state index in [0.717, 1.165) is 6.54 Å². The minimum atomic E-state index is -0.930. The molecule has 0 spiro atoms. The lowest BCUT2D eigenvalue weighted by atomic mass is 10.2. The van der Waals surface area contributed by atoms with E-state index in [1.807, 2.05) is 0 Å². The van der Waals surface area contributed by atoms with Crippen LogP contribution in [0, 0.1) is 0 Å². The second-order valence-corrected chi connectivity index (χ2v) is 5.51. The van der Waals surface area contributed by atoms with Gasteiger partial charge < -0.3 is 25.4 Å². The van der Waals surface area contributed by atoms with Gasteiger partial charge in [-0.1, -0.05) is 0 Å². The average molecular weight is 285 g/mol. The highest BCUT2D eigenvalue weighted by Gasteiger charge is 2.30. The van der Waals surface area contributed by atoms with Gasteiger partial charge in [0.15, 0.2) is 6.10 Å². The van der Waals surface area contributed by atoms with Crippen LogP contribution in [0.3, 0.4) is 0 Å². The van der Waals surface area contributed by atoms with Gasteiger partial charge in [0.05, 0.1) is 6.10 Å². The molecule has 1 heterocycles. The second-order valence-electron chi connectivity index (χ2n) is 5.51. The van der Waals surface area contributed by atoms with Gasteiger partial charge in [0.25, 0.3) is 0 Å². The van der Waals surface area contributed by atoms with Crippen molar-refractivity contribution in [3.63, 3.8) is 0 Å². The van der Waals surface area contributed by atoms with Gasteiger partial charge in [-0.05, 0) is 32.7 Å². The van der Waals surface area contributed by atoms with Crippen LogP contribution in [0.5, 0.6) is 0 Å². The molecule has 0 aromatic heterocycles. The number of carbonyl (C=O) groups excluding carboxylic acids is 1. The average Bonchev–Trinajstić information content (AvgIpc) is 3.14. The molecule has 7 heteroatoms. The minimum Gasteiger partial charge on any atom is -0.479 e. The molecular formula is C13H23N3O4. The highest BCUT2D eigenvalue weighted by Crippen LogP contribution is 2.24. The summed E-state index contributed by atoms with van der Waals surface area (Å²) in [6.45, 7) is 1.81. The Labute approximate surface area is 118 Å². The first-order valence-corrected chi connectivity index (χ1v) is 7.16. The number of likely N-dealkylation sites (N-methyl/N-ethyl adjacent to an activating group) is 1. The number of urea groups is 1. The fourth-order valence-corrected chi connectivity index (χ4v) is 2.35. The zero-order chi connectivity index (χ0) is 14.5. The summed E-state index contributed by atoms with van der Waals surface area (Å²) in [5.41, 5.74) is 0. The Morgan fingerprint density at radius 1 is 1.25 bits per heavy atom. The molecule has 3 N–H and O–H groups in total. The third-order valence-electron chi connectivity index (χ3n) is 3.79. The lowest BCUT2D eigenvalue weighted by Crippen LogP contribution is -2.42. The molecule has 114 valence electrons. The molecule has 0 bridgehead atoms. The van der Waals surface area contributed by atoms with Crippen LogP contribution >= 0.6 is 0 Å². The summed E-state index contributed by atoms with van der Waals surface area (Å²) in [4.78, 5) is 24.5. The Kier molecular flexibility index (Phi) is 5.19. The number of hydrogen-bond donors (Lipinski definition) is 3. The van der Waals surface area contributed by atoms with Gasteiger partial charge in [-0.3, -0.25) is 0 Å². The fraction of sp³-hybridized carbons (Fsp3) is 0.846. The molecule has 2 aliphatic rings. The summed E-state index contributed by atoms with van der Waals surface area (Å²) in [6.07, 6.45) is 2.77. The van der Waals surface area contributed by atoms with Crippen molar-refractivity contribution in [2.75, 3.05) is 26.7 Å². The van der Waals surface area contributed by atoms with Crippen LogP contribution < -0.4 is 10.6 Å². The van der Waals surface area contributed by atoms with Crippen LogP contribution in [-0.4, -0.2) is 66.9 Å². The van der Waals surface area contributed by atoms with E-state index >= 15 is 0 Å². The van der Waals surface area contributed by atoms with Crippen molar-refractivity contribution >= 4 is 12.0 Å². The number of hydrogen-bond acceptors (Lipinski definition) is 4. The van der Waals surface area contributed by atoms with Crippen molar-refractivity contribution in [2.45, 2.75) is 43.9 Å². The number of carbonyl (C=O) groups is 2. The number of nitrogens with zero attached hydrogens (tertiary/aromatic N) is 1. The van der Waals surface area contributed by atoms with Gasteiger partial charge in [-0.25, -0.2) is 9.59 Å². The van der Waals surface area contributed by atoms with Crippen molar-refractivity contribution in [2.24, 2.45) is 0 Å². The predicted molar refractivity (Wildman–Crippen MR) is 72.6 cm³/mol. The summed E-state index contributed by atoms with van der Waals surface area (Å²) in [5, 5.41) is 14.3. The molecule has 2 atom stereocenters. The first-order valence-electron chi connectivity index (χ1n) is 7.16. The van der Waals surface area contributed by atoms with Crippen molar-refractivity contribution in [1.29, 1.82) is 0 Å². The SMILES string of the molecule is CN(CCNC(=O)NCC1CCC(C(=O)O)O1)C1CC1. The van der Waals surface area contributed by atoms with Crippen molar-refractivity contribution in [3.05, 3.63) is 0 Å². The zero-order valence-electron chi connectivity index (χ0n) is 11.8. The van der Waals surface area contributed by atoms with Crippen molar-refractivity contribution in [3.8, 4) is 0 Å². The highest BCUT2D eigenvalue weighted by atomic mass is 16.5. The monoisotopic (exact) mass is 285 g/mol. The minimum absolute atomic E-state index is 0.198. The first-order chi connectivity index (χ1) is 9.56. The smallest absolute Gasteiger partial charge is 0.332 e. The summed E-state index contributed by atoms with van der Waals surface area (Å²) < 4.78 is 5.31. The summed E-state index contributed by atoms with van der Waals surface area (Å²) in [7, 11) is 2.07. The Morgan fingerprint density at radius 3 is 2.60 bits per heavy atom. The maximum Gasteiger partial charge on any atom is 0.332 e. The normalized spacial score (nSPS) is 25.7. The van der Waals surface area contributed by atoms with Crippen LogP contribution in [0.4, 0.5) is 4.79 Å². The Hall–Kier alpha value is -1.34. The molecule has 1 saturated carbocycles. The maximum atomic E-state index is 11.6. The number of ether oxygens (including phenoxy) is 1. The van der Waals surface area contributed by atoms with Crippen LogP contribution in [0.2, 0.25) is 0 Å². The summed E-state index contributed by atoms with van der Waals surface area (Å²) >= 11 is 0. The number of amides is 2. The van der Waals surface area contributed by atoms with E-state index in [1.54, 1.807) is 0 Å². The summed E-state index contributed by atoms with van der Waals surface area (Å²) in [6, 6.07) is 0.469. The Balaban J connectivity index is 1.52. The molecule has 1 aliphatic heterocycles. The van der Waals surface area contributed by atoms with Crippen molar-refractivity contribution < 1.29 is 19.4 Å². The quantitative estimate of drug-likeness (QED) is 0.613. The lowest BCUT2D eigenvalue weighted by Gasteiger charge is -2.16. The summed E-state index contributed by atoms with van der Waals surface area (Å²) in [5.74, 6) is -0.930. The molecule has 1 saturated heterocycles. The number of rotatable bonds is 7. The first kappa shape index (κ1) is 15.1. The molecule has 2 fully saturated rings. The van der Waals surface area contributed by atoms with Gasteiger partial charge >= 0.3 is 12.0 Å². The number of aliphatic carboxylic acids is 1. The van der Waals surface area contributed by atoms with Gasteiger partial charge in [-0.2, -0.15) is 0 Å². The van der Waals surface area contributed by atoms with Gasteiger partial charge in [0.1, 0.15) is 0 Å². The van der Waals surface area contributed by atoms with Gasteiger partial charge in [0, 0.05) is 25.7 Å². The standard InChI is InChI=1S/C13H23N3O4/c1-16(9-2-3-9)7-6-14-13(19)15-8-10-4-5-11(20-10)12(17)18/h9-11H,2-8H2,1H3,(H,17,18)(H2,14,15,19). The Bertz CT molecular complexity index is 360. The van der Waals surface area contributed by atoms with Crippen molar-refractivity contribution in [1.82, 2.24) is 15.5 Å². The molecule has 20 heavy (non-hydrogen) atoms. The van der Waals surface area contributed by atoms with Crippen LogP contribution in [0.1, 0.15) is 25.7 Å². The van der Waals surface area contributed by atoms with Crippen LogP contribution in [0.25, 0.3) is 0 Å². The van der Waals surface area contributed by atoms with Gasteiger partial charge in [-0.15, -0.1) is 0 Å². The fourth-order valence-electron chi connectivity index (χ4n) is 2.35. The van der Waals surface area contributed by atoms with Gasteiger partial charge in [0.2, 0.25) is 0 Å². The maximum absolute atomic E-state index is 11.6. The van der Waals surface area contributed by atoms with Crippen LogP contribution in [0.15, 0.2) is 0 Å². The molecule has 0 aromatic carbocycles.